The van der Waals surface area contributed by atoms with Crippen molar-refractivity contribution in [1.29, 1.82) is 0 Å². The van der Waals surface area contributed by atoms with E-state index in [4.69, 9.17) is 9.72 Å². The molecule has 1 saturated carbocycles. The molecular weight excluding hydrogens is 771 g/mol. The number of para-hydroxylation sites is 3. The van der Waals surface area contributed by atoms with Crippen molar-refractivity contribution in [2.24, 2.45) is 0 Å². The predicted molar refractivity (Wildman–Crippen MR) is 251 cm³/mol. The van der Waals surface area contributed by atoms with E-state index in [0.29, 0.717) is 18.2 Å². The minimum atomic E-state index is -0.555. The van der Waals surface area contributed by atoms with Gasteiger partial charge in [0, 0.05) is 40.5 Å². The van der Waals surface area contributed by atoms with Crippen LogP contribution in [0.1, 0.15) is 100 Å². The molecule has 0 N–H and O–H groups in total. The van der Waals surface area contributed by atoms with Gasteiger partial charge >= 0.3 is 0 Å². The largest absolute Gasteiger partial charge is 0.457 e. The van der Waals surface area contributed by atoms with Crippen LogP contribution in [0.4, 0.5) is 31.5 Å². The number of hydrogen-bond donors (Lipinski definition) is 0. The first-order valence-corrected chi connectivity index (χ1v) is 22.2. The topological polar surface area (TPSA) is 33.5 Å². The third-order valence-corrected chi connectivity index (χ3v) is 12.9. The molecule has 0 unspecified atom stereocenters. The SMILES string of the molecule is CCCc1ccnc(-n2c3ccccc3c3ccc(Oc4cc(C5CCC5)cc(N5CN(c6c(C(C)C)cc(-c7c(F)cccc7F)cc6C(C)C)c6ccccc65)c4)cc32)c1. The number of rotatable bonds is 11. The highest BCUT2D eigenvalue weighted by molar-refractivity contribution is 6.09. The molecule has 5 nitrogen and oxygen atoms in total. The summed E-state index contributed by atoms with van der Waals surface area (Å²) in [4.78, 5) is 9.65. The number of halogens is 2. The fourth-order valence-electron chi connectivity index (χ4n) is 9.64. The maximum absolute atomic E-state index is 15.3. The summed E-state index contributed by atoms with van der Waals surface area (Å²) in [5.74, 6) is 2.01. The Bertz CT molecular complexity index is 2930. The van der Waals surface area contributed by atoms with Gasteiger partial charge in [0.05, 0.1) is 28.0 Å². The average Bonchev–Trinajstić information content (AvgIpc) is 3.79. The van der Waals surface area contributed by atoms with E-state index >= 15 is 8.78 Å². The highest BCUT2D eigenvalue weighted by atomic mass is 19.1. The molecule has 1 aliphatic heterocycles. The van der Waals surface area contributed by atoms with Gasteiger partial charge in [0.15, 0.2) is 0 Å². The van der Waals surface area contributed by atoms with Crippen LogP contribution in [0.25, 0.3) is 38.8 Å². The lowest BCUT2D eigenvalue weighted by atomic mass is 9.80. The lowest BCUT2D eigenvalue weighted by molar-refractivity contribution is 0.416. The second-order valence-electron chi connectivity index (χ2n) is 17.7. The number of fused-ring (bicyclic) bond motifs is 4. The van der Waals surface area contributed by atoms with Crippen LogP contribution >= 0.6 is 0 Å². The first-order chi connectivity index (χ1) is 30.2. The Kier molecular flexibility index (Phi) is 10.3. The van der Waals surface area contributed by atoms with E-state index in [2.05, 4.69) is 146 Å². The Morgan fingerprint density at radius 3 is 2.06 bits per heavy atom. The molecule has 3 heterocycles. The third kappa shape index (κ3) is 6.97. The van der Waals surface area contributed by atoms with Gasteiger partial charge in [-0.05, 0) is 144 Å². The Morgan fingerprint density at radius 2 is 1.37 bits per heavy atom. The van der Waals surface area contributed by atoms with Gasteiger partial charge in [-0.25, -0.2) is 13.8 Å². The molecule has 62 heavy (non-hydrogen) atoms. The summed E-state index contributed by atoms with van der Waals surface area (Å²) < 4.78 is 39.8. The van der Waals surface area contributed by atoms with Crippen LogP contribution in [-0.4, -0.2) is 16.2 Å². The van der Waals surface area contributed by atoms with Crippen molar-refractivity contribution < 1.29 is 13.5 Å². The number of ether oxygens (including phenoxy) is 1. The normalized spacial score (nSPS) is 14.1. The Hall–Kier alpha value is -6.47. The van der Waals surface area contributed by atoms with Crippen LogP contribution in [0, 0.1) is 11.6 Å². The summed E-state index contributed by atoms with van der Waals surface area (Å²) >= 11 is 0. The third-order valence-electron chi connectivity index (χ3n) is 12.9. The second-order valence-corrected chi connectivity index (χ2v) is 17.7. The molecule has 0 atom stereocenters. The molecule has 1 fully saturated rings. The van der Waals surface area contributed by atoms with Crippen LogP contribution in [0.3, 0.4) is 0 Å². The van der Waals surface area contributed by atoms with Gasteiger partial charge in [-0.1, -0.05) is 83.9 Å². The zero-order chi connectivity index (χ0) is 42.6. The number of aromatic nitrogens is 2. The molecule has 1 aliphatic carbocycles. The zero-order valence-electron chi connectivity index (χ0n) is 36.1. The maximum Gasteiger partial charge on any atom is 0.137 e. The minimum absolute atomic E-state index is 0.0186. The molecule has 0 amide bonds. The first-order valence-electron chi connectivity index (χ1n) is 22.2. The van der Waals surface area contributed by atoms with Crippen molar-refractivity contribution in [3.8, 4) is 28.4 Å². The maximum atomic E-state index is 15.3. The molecular formula is C55H52F2N4O. The molecule has 6 aromatic carbocycles. The van der Waals surface area contributed by atoms with Gasteiger partial charge in [-0.3, -0.25) is 4.57 Å². The van der Waals surface area contributed by atoms with Gasteiger partial charge in [0.1, 0.15) is 35.6 Å². The smallest absolute Gasteiger partial charge is 0.137 e. The highest BCUT2D eigenvalue weighted by Gasteiger charge is 2.33. The van der Waals surface area contributed by atoms with E-state index in [1.165, 1.54) is 41.1 Å². The molecule has 2 aliphatic rings. The number of hydrogen-bond acceptors (Lipinski definition) is 4. The van der Waals surface area contributed by atoms with Gasteiger partial charge in [0.2, 0.25) is 0 Å². The summed E-state index contributed by atoms with van der Waals surface area (Å²) in [6, 6.07) is 42.7. The summed E-state index contributed by atoms with van der Waals surface area (Å²) in [6.07, 6.45) is 7.53. The molecule has 0 radical (unpaired) electrons. The molecule has 2 aromatic heterocycles. The van der Waals surface area contributed by atoms with Crippen LogP contribution in [0.2, 0.25) is 0 Å². The fourth-order valence-corrected chi connectivity index (χ4v) is 9.64. The van der Waals surface area contributed by atoms with Gasteiger partial charge in [-0.15, -0.1) is 0 Å². The van der Waals surface area contributed by atoms with Crippen molar-refractivity contribution in [2.75, 3.05) is 16.5 Å². The molecule has 8 aromatic rings. The molecule has 0 bridgehead atoms. The van der Waals surface area contributed by atoms with Crippen molar-refractivity contribution in [3.05, 3.63) is 167 Å². The summed E-state index contributed by atoms with van der Waals surface area (Å²) in [5.41, 5.74) is 11.8. The van der Waals surface area contributed by atoms with Crippen LogP contribution in [0.15, 0.2) is 134 Å². The number of benzene rings is 6. The van der Waals surface area contributed by atoms with Gasteiger partial charge in [-0.2, -0.15) is 0 Å². The summed E-state index contributed by atoms with van der Waals surface area (Å²) in [5, 5.41) is 2.33. The van der Waals surface area contributed by atoms with Gasteiger partial charge in [0.25, 0.3) is 0 Å². The number of anilines is 4. The average molecular weight is 823 g/mol. The Labute approximate surface area is 363 Å². The number of nitrogens with zero attached hydrogens (tertiary/aromatic N) is 4. The van der Waals surface area contributed by atoms with Crippen molar-refractivity contribution >= 4 is 44.6 Å². The monoisotopic (exact) mass is 822 g/mol. The van der Waals surface area contributed by atoms with Gasteiger partial charge < -0.3 is 14.5 Å². The van der Waals surface area contributed by atoms with Crippen molar-refractivity contribution in [3.63, 3.8) is 0 Å². The zero-order valence-corrected chi connectivity index (χ0v) is 36.1. The second kappa shape index (κ2) is 16.1. The Balaban J connectivity index is 1.06. The van der Waals surface area contributed by atoms with Crippen molar-refractivity contribution in [1.82, 2.24) is 9.55 Å². The van der Waals surface area contributed by atoms with E-state index < -0.39 is 11.6 Å². The summed E-state index contributed by atoms with van der Waals surface area (Å²) in [7, 11) is 0. The van der Waals surface area contributed by atoms with E-state index in [-0.39, 0.29) is 17.4 Å². The van der Waals surface area contributed by atoms with E-state index in [9.17, 15) is 0 Å². The summed E-state index contributed by atoms with van der Waals surface area (Å²) in [6.45, 7) is 11.4. The molecule has 312 valence electrons. The van der Waals surface area contributed by atoms with Crippen LogP contribution < -0.4 is 14.5 Å². The minimum Gasteiger partial charge on any atom is -0.457 e. The van der Waals surface area contributed by atoms with Crippen LogP contribution in [-0.2, 0) is 6.42 Å². The standard InChI is InChI=1S/C55H52F2N4O/c1-6-13-36-24-25-58-53(26-36)61-49-19-8-7-16-43(49)44-23-22-41(32-52(44)61)62-42-28-38(37-14-11-15-37)27-40(31-42)59-33-60(51-21-10-9-20-50(51)59)55-45(34(2)3)29-39(30-46(55)35(4)5)54-47(56)17-12-18-48(54)57/h7-10,12,16-32,34-35,37H,6,11,13-15,33H2,1-5H3. The molecule has 0 spiro atoms. The fraction of sp³-hybridized carbons (Fsp3) is 0.255. The van der Waals surface area contributed by atoms with Crippen LogP contribution in [0.5, 0.6) is 11.5 Å². The number of pyridine rings is 1. The predicted octanol–water partition coefficient (Wildman–Crippen LogP) is 15.6. The number of aryl methyl sites for hydroxylation is 1. The van der Waals surface area contributed by atoms with Crippen molar-refractivity contribution in [2.45, 2.75) is 84.5 Å². The Morgan fingerprint density at radius 1 is 0.677 bits per heavy atom. The molecule has 0 saturated heterocycles. The quantitative estimate of drug-likeness (QED) is 0.130. The highest BCUT2D eigenvalue weighted by Crippen LogP contribution is 2.51. The molecule has 7 heteroatoms. The molecule has 10 rings (SSSR count). The van der Waals surface area contributed by atoms with E-state index in [1.54, 1.807) is 0 Å². The lowest BCUT2D eigenvalue weighted by Crippen LogP contribution is -2.26. The van der Waals surface area contributed by atoms with E-state index in [0.717, 1.165) is 93.3 Å². The first kappa shape index (κ1) is 39.7. The lowest BCUT2D eigenvalue weighted by Gasteiger charge is -2.31. The van der Waals surface area contributed by atoms with E-state index in [1.807, 2.05) is 18.3 Å².